The van der Waals surface area contributed by atoms with Crippen molar-refractivity contribution in [2.24, 2.45) is 5.41 Å². The molecule has 0 bridgehead atoms. The fourth-order valence-corrected chi connectivity index (χ4v) is 4.34. The Labute approximate surface area is 109 Å². The third-order valence-corrected chi connectivity index (χ3v) is 5.45. The van der Waals surface area contributed by atoms with Crippen LogP contribution in [0.1, 0.15) is 65.7 Å². The van der Waals surface area contributed by atoms with Gasteiger partial charge in [0.05, 0.1) is 6.42 Å². The molecule has 0 radical (unpaired) electrons. The first-order valence-electron chi connectivity index (χ1n) is 7.37. The van der Waals surface area contributed by atoms with E-state index in [1.165, 1.54) is 6.42 Å². The molecule has 3 fully saturated rings. The van der Waals surface area contributed by atoms with Gasteiger partial charge in [-0.1, -0.05) is 27.2 Å². The van der Waals surface area contributed by atoms with E-state index in [1.807, 2.05) is 0 Å². The Morgan fingerprint density at radius 2 is 2.11 bits per heavy atom. The summed E-state index contributed by atoms with van der Waals surface area (Å²) in [6, 6.07) is 0. The molecule has 0 aromatic carbocycles. The predicted molar refractivity (Wildman–Crippen MR) is 68.2 cm³/mol. The summed E-state index contributed by atoms with van der Waals surface area (Å²) in [5.41, 5.74) is -0.251. The fraction of sp³-hybridized carbons (Fsp3) is 0.933. The average molecular weight is 252 g/mol. The average Bonchev–Trinajstić information content (AvgIpc) is 2.97. The lowest BCUT2D eigenvalue weighted by Crippen LogP contribution is -2.54. The van der Waals surface area contributed by atoms with E-state index in [1.54, 1.807) is 0 Å². The van der Waals surface area contributed by atoms with Gasteiger partial charge >= 0.3 is 5.97 Å². The summed E-state index contributed by atoms with van der Waals surface area (Å²) in [4.78, 5) is 11.9. The second-order valence-corrected chi connectivity index (χ2v) is 6.85. The van der Waals surface area contributed by atoms with Gasteiger partial charge in [0.1, 0.15) is 17.3 Å². The number of unbranched alkanes of at least 4 members (excludes halogenated alkanes) is 1. The van der Waals surface area contributed by atoms with Crippen LogP contribution in [0.15, 0.2) is 0 Å². The highest BCUT2D eigenvalue weighted by atomic mass is 16.7. The number of hydrogen-bond acceptors (Lipinski definition) is 3. The van der Waals surface area contributed by atoms with Gasteiger partial charge in [0.2, 0.25) is 0 Å². The lowest BCUT2D eigenvalue weighted by molar-refractivity contribution is -0.161. The largest absolute Gasteiger partial charge is 0.459 e. The summed E-state index contributed by atoms with van der Waals surface area (Å²) in [7, 11) is 0. The zero-order chi connectivity index (χ0) is 13.0. The number of ether oxygens (including phenoxy) is 2. The molecule has 1 saturated carbocycles. The van der Waals surface area contributed by atoms with Crippen LogP contribution < -0.4 is 0 Å². The van der Waals surface area contributed by atoms with Crippen molar-refractivity contribution >= 4 is 5.97 Å². The van der Waals surface area contributed by atoms with Gasteiger partial charge in [-0.15, -0.1) is 0 Å². The molecule has 3 aliphatic rings. The van der Waals surface area contributed by atoms with Crippen molar-refractivity contribution in [1.29, 1.82) is 0 Å². The summed E-state index contributed by atoms with van der Waals surface area (Å²) in [5, 5.41) is 0. The van der Waals surface area contributed by atoms with E-state index in [2.05, 4.69) is 20.8 Å². The molecule has 1 aliphatic carbocycles. The highest BCUT2D eigenvalue weighted by Gasteiger charge is 2.82. The van der Waals surface area contributed by atoms with Gasteiger partial charge in [-0.2, -0.15) is 0 Å². The van der Waals surface area contributed by atoms with Crippen LogP contribution in [0.4, 0.5) is 0 Å². The Bertz CT molecular complexity index is 376. The number of epoxide rings is 1. The predicted octanol–water partition coefficient (Wildman–Crippen LogP) is 3.21. The molecule has 3 rings (SSSR count). The molecule has 0 unspecified atom stereocenters. The van der Waals surface area contributed by atoms with E-state index in [-0.39, 0.29) is 28.7 Å². The van der Waals surface area contributed by atoms with Crippen LogP contribution in [0, 0.1) is 5.41 Å². The molecule has 0 spiro atoms. The lowest BCUT2D eigenvalue weighted by atomic mass is 9.60. The number of carbonyl (C=O) groups excluding carboxylic acids is 1. The first-order chi connectivity index (χ1) is 8.47. The molecule has 2 saturated heterocycles. The van der Waals surface area contributed by atoms with Gasteiger partial charge in [0.15, 0.2) is 0 Å². The Morgan fingerprint density at radius 3 is 2.83 bits per heavy atom. The van der Waals surface area contributed by atoms with Crippen LogP contribution in [-0.2, 0) is 14.3 Å². The zero-order valence-electron chi connectivity index (χ0n) is 11.8. The van der Waals surface area contributed by atoms with E-state index in [0.29, 0.717) is 6.42 Å². The molecule has 2 aliphatic heterocycles. The minimum atomic E-state index is -0.216. The summed E-state index contributed by atoms with van der Waals surface area (Å²) in [5.74, 6) is -0.0563. The Morgan fingerprint density at radius 1 is 1.33 bits per heavy atom. The van der Waals surface area contributed by atoms with Crippen molar-refractivity contribution < 1.29 is 14.3 Å². The van der Waals surface area contributed by atoms with Crippen LogP contribution in [-0.4, -0.2) is 23.3 Å². The minimum absolute atomic E-state index is 0.00160. The second-order valence-electron chi connectivity index (χ2n) is 6.85. The summed E-state index contributed by atoms with van der Waals surface area (Å²) >= 11 is 0. The number of hydrogen-bond donors (Lipinski definition) is 0. The number of esters is 1. The maximum Gasteiger partial charge on any atom is 0.309 e. The van der Waals surface area contributed by atoms with Crippen molar-refractivity contribution in [3.05, 3.63) is 0 Å². The fourth-order valence-electron chi connectivity index (χ4n) is 4.34. The molecule has 18 heavy (non-hydrogen) atoms. The third kappa shape index (κ3) is 1.37. The smallest absolute Gasteiger partial charge is 0.309 e. The summed E-state index contributed by atoms with van der Waals surface area (Å²) < 4.78 is 11.9. The van der Waals surface area contributed by atoms with Gasteiger partial charge < -0.3 is 9.47 Å². The van der Waals surface area contributed by atoms with E-state index < -0.39 is 0 Å². The lowest BCUT2D eigenvalue weighted by Gasteiger charge is -2.43. The van der Waals surface area contributed by atoms with E-state index in [0.717, 1.165) is 32.1 Å². The maximum absolute atomic E-state index is 11.9. The molecule has 3 heteroatoms. The van der Waals surface area contributed by atoms with Crippen molar-refractivity contribution in [1.82, 2.24) is 0 Å². The van der Waals surface area contributed by atoms with Gasteiger partial charge in [0, 0.05) is 0 Å². The zero-order valence-corrected chi connectivity index (χ0v) is 11.8. The highest BCUT2D eigenvalue weighted by Crippen LogP contribution is 2.70. The molecule has 3 nitrogen and oxygen atoms in total. The topological polar surface area (TPSA) is 38.8 Å². The van der Waals surface area contributed by atoms with E-state index in [4.69, 9.17) is 9.47 Å². The molecule has 0 aromatic rings. The van der Waals surface area contributed by atoms with Gasteiger partial charge in [-0.3, -0.25) is 4.79 Å². The van der Waals surface area contributed by atoms with E-state index in [9.17, 15) is 4.79 Å². The van der Waals surface area contributed by atoms with Crippen molar-refractivity contribution in [3.8, 4) is 0 Å². The van der Waals surface area contributed by atoms with E-state index >= 15 is 0 Å². The molecule has 0 N–H and O–H groups in total. The van der Waals surface area contributed by atoms with Crippen LogP contribution in [0.3, 0.4) is 0 Å². The van der Waals surface area contributed by atoms with Crippen LogP contribution in [0.5, 0.6) is 0 Å². The summed E-state index contributed by atoms with van der Waals surface area (Å²) in [6.45, 7) is 6.68. The normalized spacial score (nSPS) is 44.8. The Kier molecular flexibility index (Phi) is 2.58. The standard InChI is InChI=1S/C15H24O3/c1-4-5-7-11-14-9-6-8-13(2,3)15(14,18-14)10-12(16)17-11/h11H,4-10H2,1-3H3/t11-,14-,15+/m0/s1. The minimum Gasteiger partial charge on any atom is -0.459 e. The van der Waals surface area contributed by atoms with Crippen molar-refractivity contribution in [3.63, 3.8) is 0 Å². The van der Waals surface area contributed by atoms with Crippen molar-refractivity contribution in [2.45, 2.75) is 83.0 Å². The molecular formula is C15H24O3. The maximum atomic E-state index is 11.9. The van der Waals surface area contributed by atoms with Gasteiger partial charge in [0.25, 0.3) is 0 Å². The molecular weight excluding hydrogens is 228 g/mol. The molecule has 3 atom stereocenters. The number of cyclic esters (lactones) is 1. The first kappa shape index (κ1) is 12.5. The molecule has 0 aromatic heterocycles. The molecule has 2 heterocycles. The molecule has 0 amide bonds. The second kappa shape index (κ2) is 3.72. The van der Waals surface area contributed by atoms with Crippen LogP contribution in [0.25, 0.3) is 0 Å². The van der Waals surface area contributed by atoms with Crippen LogP contribution in [0.2, 0.25) is 0 Å². The highest BCUT2D eigenvalue weighted by molar-refractivity contribution is 5.74. The van der Waals surface area contributed by atoms with Gasteiger partial charge in [-0.05, 0) is 37.5 Å². The van der Waals surface area contributed by atoms with Crippen molar-refractivity contribution in [2.75, 3.05) is 0 Å². The number of carbonyl (C=O) groups is 1. The number of rotatable bonds is 3. The Hall–Kier alpha value is -0.570. The quantitative estimate of drug-likeness (QED) is 0.572. The molecule has 102 valence electrons. The third-order valence-electron chi connectivity index (χ3n) is 5.45. The summed E-state index contributed by atoms with van der Waals surface area (Å²) in [6.07, 6.45) is 7.08. The van der Waals surface area contributed by atoms with Crippen LogP contribution >= 0.6 is 0 Å². The monoisotopic (exact) mass is 252 g/mol. The first-order valence-corrected chi connectivity index (χ1v) is 7.37. The van der Waals surface area contributed by atoms with Gasteiger partial charge in [-0.25, -0.2) is 0 Å². The SMILES string of the molecule is CCCC[C@@H]1OC(=O)C[C@]23O[C@@]12CCCC3(C)C. The Balaban J connectivity index is 1.90.